The number of hydrogen-bond donors (Lipinski definition) is 1. The molecule has 0 bridgehead atoms. The summed E-state index contributed by atoms with van der Waals surface area (Å²) in [5, 5.41) is 4.40. The monoisotopic (exact) mass is 325 g/mol. The van der Waals surface area contributed by atoms with E-state index in [1.165, 1.54) is 43.6 Å². The van der Waals surface area contributed by atoms with Gasteiger partial charge in [0.25, 0.3) is 0 Å². The molecule has 5 heteroatoms. The molecule has 0 saturated carbocycles. The molecule has 0 aromatic carbocycles. The van der Waals surface area contributed by atoms with Crippen LogP contribution < -0.4 is 5.32 Å². The Kier molecular flexibility index (Phi) is 6.90. The average molecular weight is 326 g/mol. The molecule has 1 N–H and O–H groups in total. The summed E-state index contributed by atoms with van der Waals surface area (Å²) in [6, 6.07) is 4.79. The molecule has 1 aromatic heterocycles. The minimum atomic E-state index is 0.424. The van der Waals surface area contributed by atoms with Crippen molar-refractivity contribution in [1.82, 2.24) is 14.8 Å². The highest BCUT2D eigenvalue weighted by molar-refractivity contribution is 7.98. The van der Waals surface area contributed by atoms with E-state index in [0.717, 1.165) is 18.2 Å². The van der Waals surface area contributed by atoms with E-state index >= 15 is 0 Å². The number of nitrogens with one attached hydrogen (secondary N) is 1. The maximum absolute atomic E-state index is 5.68. The molecule has 1 aliphatic heterocycles. The van der Waals surface area contributed by atoms with Gasteiger partial charge < -0.3 is 14.8 Å². The van der Waals surface area contributed by atoms with Crippen LogP contribution in [0.25, 0.3) is 0 Å². The van der Waals surface area contributed by atoms with E-state index in [4.69, 9.17) is 12.2 Å². The highest BCUT2D eigenvalue weighted by Crippen LogP contribution is 2.30. The summed E-state index contributed by atoms with van der Waals surface area (Å²) < 4.78 is 2.24. The Morgan fingerprint density at radius 3 is 3.00 bits per heavy atom. The van der Waals surface area contributed by atoms with E-state index in [0.29, 0.717) is 6.04 Å². The molecule has 1 atom stereocenters. The summed E-state index contributed by atoms with van der Waals surface area (Å²) in [4.78, 5) is 2.41. The smallest absolute Gasteiger partial charge is 0.169 e. The second kappa shape index (κ2) is 8.69. The van der Waals surface area contributed by atoms with Gasteiger partial charge in [0.15, 0.2) is 5.11 Å². The van der Waals surface area contributed by atoms with Crippen molar-refractivity contribution in [3.8, 4) is 0 Å². The number of rotatable bonds is 5. The third kappa shape index (κ3) is 4.65. The first kappa shape index (κ1) is 16.7. The van der Waals surface area contributed by atoms with Gasteiger partial charge in [-0.3, -0.25) is 0 Å². The van der Waals surface area contributed by atoms with Crippen molar-refractivity contribution in [2.75, 3.05) is 25.1 Å². The lowest BCUT2D eigenvalue weighted by molar-refractivity contribution is 0.306. The summed E-state index contributed by atoms with van der Waals surface area (Å²) in [5.74, 6) is 1.19. The highest BCUT2D eigenvalue weighted by atomic mass is 32.2. The Morgan fingerprint density at radius 1 is 1.43 bits per heavy atom. The van der Waals surface area contributed by atoms with E-state index in [1.807, 2.05) is 11.8 Å². The number of hydrogen-bond acceptors (Lipinski definition) is 2. The van der Waals surface area contributed by atoms with Crippen LogP contribution in [0.3, 0.4) is 0 Å². The lowest BCUT2D eigenvalue weighted by Crippen LogP contribution is -2.42. The second-order valence-electron chi connectivity index (χ2n) is 5.68. The first-order valence-electron chi connectivity index (χ1n) is 7.88. The van der Waals surface area contributed by atoms with Gasteiger partial charge in [-0.05, 0) is 55.6 Å². The van der Waals surface area contributed by atoms with E-state index in [1.54, 1.807) is 0 Å². The van der Waals surface area contributed by atoms with Crippen LogP contribution in [0, 0.1) is 0 Å². The molecule has 0 unspecified atom stereocenters. The summed E-state index contributed by atoms with van der Waals surface area (Å²) in [7, 11) is 2.13. The van der Waals surface area contributed by atoms with E-state index < -0.39 is 0 Å². The Hall–Kier alpha value is -0.680. The minimum absolute atomic E-state index is 0.424. The van der Waals surface area contributed by atoms with Gasteiger partial charge in [-0.1, -0.05) is 12.8 Å². The van der Waals surface area contributed by atoms with Gasteiger partial charge in [-0.25, -0.2) is 0 Å². The van der Waals surface area contributed by atoms with Crippen molar-refractivity contribution in [2.45, 2.75) is 38.1 Å². The van der Waals surface area contributed by atoms with E-state index in [-0.39, 0.29) is 0 Å². The first-order valence-corrected chi connectivity index (χ1v) is 9.69. The van der Waals surface area contributed by atoms with Crippen LogP contribution in [0.1, 0.15) is 43.8 Å². The van der Waals surface area contributed by atoms with Gasteiger partial charge >= 0.3 is 0 Å². The summed E-state index contributed by atoms with van der Waals surface area (Å²) in [6.07, 6.45) is 10.5. The molecule has 1 fully saturated rings. The zero-order valence-corrected chi connectivity index (χ0v) is 14.8. The number of aryl methyl sites for hydroxylation is 1. The molecule has 118 valence electrons. The zero-order chi connectivity index (χ0) is 15.1. The zero-order valence-electron chi connectivity index (χ0n) is 13.2. The summed E-state index contributed by atoms with van der Waals surface area (Å²) in [6.45, 7) is 2.06. The largest absolute Gasteiger partial charge is 0.363 e. The van der Waals surface area contributed by atoms with Crippen molar-refractivity contribution < 1.29 is 0 Å². The molecule has 0 amide bonds. The number of likely N-dealkylation sites (tertiary alicyclic amines) is 1. The van der Waals surface area contributed by atoms with Crippen LogP contribution in [0.5, 0.6) is 0 Å². The van der Waals surface area contributed by atoms with Crippen molar-refractivity contribution in [3.05, 3.63) is 24.0 Å². The lowest BCUT2D eigenvalue weighted by atomic mass is 10.1. The SMILES string of the molecule is CSCCCNC(=S)N1CCCCC[C@@H]1c1cccn1C. The maximum Gasteiger partial charge on any atom is 0.169 e. The average Bonchev–Trinajstić information content (AvgIpc) is 2.76. The van der Waals surface area contributed by atoms with E-state index in [2.05, 4.69) is 46.4 Å². The molecule has 2 rings (SSSR count). The van der Waals surface area contributed by atoms with Crippen LogP contribution in [-0.2, 0) is 7.05 Å². The Morgan fingerprint density at radius 2 is 2.29 bits per heavy atom. The third-order valence-electron chi connectivity index (χ3n) is 4.14. The van der Waals surface area contributed by atoms with Crippen molar-refractivity contribution in [3.63, 3.8) is 0 Å². The molecule has 0 spiro atoms. The molecule has 1 aliphatic rings. The minimum Gasteiger partial charge on any atom is -0.363 e. The molecule has 1 saturated heterocycles. The molecular weight excluding hydrogens is 298 g/mol. The van der Waals surface area contributed by atoms with Gasteiger partial charge in [-0.15, -0.1) is 0 Å². The van der Waals surface area contributed by atoms with Crippen LogP contribution in [0.2, 0.25) is 0 Å². The van der Waals surface area contributed by atoms with Gasteiger partial charge in [0.2, 0.25) is 0 Å². The summed E-state index contributed by atoms with van der Waals surface area (Å²) in [5.41, 5.74) is 1.38. The maximum atomic E-state index is 5.68. The highest BCUT2D eigenvalue weighted by Gasteiger charge is 2.25. The molecule has 0 aliphatic carbocycles. The van der Waals surface area contributed by atoms with Crippen molar-refractivity contribution >= 4 is 29.1 Å². The third-order valence-corrected chi connectivity index (χ3v) is 5.22. The fourth-order valence-electron chi connectivity index (χ4n) is 2.99. The fraction of sp³-hybridized carbons (Fsp3) is 0.688. The van der Waals surface area contributed by atoms with Crippen LogP contribution in [0.4, 0.5) is 0 Å². The number of aromatic nitrogens is 1. The van der Waals surface area contributed by atoms with Crippen LogP contribution in [-0.4, -0.2) is 39.7 Å². The number of thiocarbonyl (C=S) groups is 1. The number of thioether (sulfide) groups is 1. The normalized spacial score (nSPS) is 19.3. The fourth-order valence-corrected chi connectivity index (χ4v) is 3.75. The first-order chi connectivity index (χ1) is 10.2. The Labute approximate surface area is 138 Å². The molecule has 2 heterocycles. The quantitative estimate of drug-likeness (QED) is 0.659. The van der Waals surface area contributed by atoms with E-state index in [9.17, 15) is 0 Å². The van der Waals surface area contributed by atoms with Crippen LogP contribution >= 0.6 is 24.0 Å². The molecular formula is C16H27N3S2. The standard InChI is InChI=1S/C16H27N3S2/c1-18-11-6-9-14(18)15-8-4-3-5-12-19(15)16(20)17-10-7-13-21-2/h6,9,11,15H,3-5,7-8,10,12-13H2,1-2H3,(H,17,20)/t15-/m1/s1. The predicted octanol–water partition coefficient (Wildman–Crippen LogP) is 3.57. The number of nitrogens with zero attached hydrogens (tertiary/aromatic N) is 2. The Bertz CT molecular complexity index is 444. The van der Waals surface area contributed by atoms with Gasteiger partial charge in [0.05, 0.1) is 6.04 Å². The molecule has 3 nitrogen and oxygen atoms in total. The second-order valence-corrected chi connectivity index (χ2v) is 7.05. The van der Waals surface area contributed by atoms with Gasteiger partial charge in [-0.2, -0.15) is 11.8 Å². The predicted molar refractivity (Wildman–Crippen MR) is 96.9 cm³/mol. The summed E-state index contributed by atoms with van der Waals surface area (Å²) >= 11 is 7.57. The molecule has 0 radical (unpaired) electrons. The molecule has 21 heavy (non-hydrogen) atoms. The van der Waals surface area contributed by atoms with Crippen LogP contribution in [0.15, 0.2) is 18.3 Å². The van der Waals surface area contributed by atoms with Crippen molar-refractivity contribution in [2.24, 2.45) is 7.05 Å². The molecule has 1 aromatic rings. The lowest BCUT2D eigenvalue weighted by Gasteiger charge is -2.33. The Balaban J connectivity index is 2.02. The van der Waals surface area contributed by atoms with Gasteiger partial charge in [0.1, 0.15) is 0 Å². The van der Waals surface area contributed by atoms with Gasteiger partial charge in [0, 0.05) is 32.0 Å². The topological polar surface area (TPSA) is 20.2 Å². The van der Waals surface area contributed by atoms with Crippen molar-refractivity contribution in [1.29, 1.82) is 0 Å².